The molecule has 1 aliphatic carbocycles. The molecule has 0 unspecified atom stereocenters. The van der Waals surface area contributed by atoms with Crippen LogP contribution in [-0.2, 0) is 6.42 Å². The minimum absolute atomic E-state index is 0.435. The van der Waals surface area contributed by atoms with Crippen LogP contribution in [0.1, 0.15) is 56.1 Å². The van der Waals surface area contributed by atoms with Crippen molar-refractivity contribution in [1.29, 1.82) is 0 Å². The highest BCUT2D eigenvalue weighted by atomic mass is 16.7. The summed E-state index contributed by atoms with van der Waals surface area (Å²) in [4.78, 5) is 11.1. The van der Waals surface area contributed by atoms with E-state index in [4.69, 9.17) is 9.84 Å². The van der Waals surface area contributed by atoms with Crippen molar-refractivity contribution in [3.63, 3.8) is 0 Å². The van der Waals surface area contributed by atoms with Gasteiger partial charge in [-0.1, -0.05) is 62.6 Å². The number of hydrogen-bond donors (Lipinski definition) is 1. The summed E-state index contributed by atoms with van der Waals surface area (Å²) in [7, 11) is 0. The number of ether oxygens (including phenoxy) is 1. The number of hydrogen-bond acceptors (Lipinski definition) is 2. The van der Waals surface area contributed by atoms with Crippen LogP contribution in [0.3, 0.4) is 0 Å². The van der Waals surface area contributed by atoms with E-state index in [1.807, 2.05) is 12.1 Å². The molecule has 0 spiro atoms. The number of carbonyl (C=O) groups is 1. The Balaban J connectivity index is 2.13. The molecule has 0 aliphatic heterocycles. The van der Waals surface area contributed by atoms with Crippen molar-refractivity contribution in [3.05, 3.63) is 53.6 Å². The lowest BCUT2D eigenvalue weighted by molar-refractivity contribution is 0.144. The van der Waals surface area contributed by atoms with Crippen LogP contribution >= 0.6 is 0 Å². The summed E-state index contributed by atoms with van der Waals surface area (Å²) in [5.74, 6) is 0.989. The third kappa shape index (κ3) is 3.45. The molecule has 24 heavy (non-hydrogen) atoms. The average Bonchev–Trinajstić information content (AvgIpc) is 2.62. The van der Waals surface area contributed by atoms with Crippen molar-refractivity contribution >= 4 is 6.16 Å². The van der Waals surface area contributed by atoms with Gasteiger partial charge in [-0.3, -0.25) is 0 Å². The van der Waals surface area contributed by atoms with E-state index >= 15 is 0 Å². The van der Waals surface area contributed by atoms with Gasteiger partial charge in [0.25, 0.3) is 0 Å². The monoisotopic (exact) mass is 324 g/mol. The SMILES string of the molecule is CCc1cccc(OC(=O)O)c1-c1ccccc1C1CCCCC1. The van der Waals surface area contributed by atoms with Crippen molar-refractivity contribution in [3.8, 4) is 16.9 Å². The number of aryl methyl sites for hydroxylation is 1. The molecule has 0 radical (unpaired) electrons. The maximum atomic E-state index is 11.1. The van der Waals surface area contributed by atoms with Gasteiger partial charge in [-0.2, -0.15) is 0 Å². The van der Waals surface area contributed by atoms with Gasteiger partial charge >= 0.3 is 6.16 Å². The van der Waals surface area contributed by atoms with E-state index in [1.54, 1.807) is 6.07 Å². The van der Waals surface area contributed by atoms with Gasteiger partial charge in [-0.05, 0) is 47.9 Å². The van der Waals surface area contributed by atoms with Crippen molar-refractivity contribution in [2.24, 2.45) is 0 Å². The zero-order valence-electron chi connectivity index (χ0n) is 14.1. The highest BCUT2D eigenvalue weighted by Gasteiger charge is 2.22. The molecule has 3 rings (SSSR count). The lowest BCUT2D eigenvalue weighted by Gasteiger charge is -2.25. The lowest BCUT2D eigenvalue weighted by Crippen LogP contribution is -2.08. The molecule has 0 bridgehead atoms. The molecular weight excluding hydrogens is 300 g/mol. The first-order valence-corrected chi connectivity index (χ1v) is 8.82. The van der Waals surface area contributed by atoms with Gasteiger partial charge in [0.2, 0.25) is 0 Å². The maximum absolute atomic E-state index is 11.1. The number of benzene rings is 2. The van der Waals surface area contributed by atoms with Gasteiger partial charge in [-0.25, -0.2) is 4.79 Å². The van der Waals surface area contributed by atoms with E-state index in [0.717, 1.165) is 23.1 Å². The highest BCUT2D eigenvalue weighted by molar-refractivity contribution is 5.79. The first-order valence-electron chi connectivity index (χ1n) is 8.82. The van der Waals surface area contributed by atoms with Crippen molar-refractivity contribution in [1.82, 2.24) is 0 Å². The predicted molar refractivity (Wildman–Crippen MR) is 95.7 cm³/mol. The molecule has 1 saturated carbocycles. The number of rotatable bonds is 4. The fourth-order valence-electron chi connectivity index (χ4n) is 3.85. The first kappa shape index (κ1) is 16.6. The largest absolute Gasteiger partial charge is 0.511 e. The summed E-state index contributed by atoms with van der Waals surface area (Å²) in [5, 5.41) is 9.10. The van der Waals surface area contributed by atoms with Crippen LogP contribution in [0.25, 0.3) is 11.1 Å². The van der Waals surface area contributed by atoms with E-state index in [-0.39, 0.29) is 0 Å². The third-order valence-electron chi connectivity index (χ3n) is 4.97. The fraction of sp³-hybridized carbons (Fsp3) is 0.381. The minimum atomic E-state index is -1.26. The second-order valence-electron chi connectivity index (χ2n) is 6.43. The van der Waals surface area contributed by atoms with Crippen LogP contribution in [0.5, 0.6) is 5.75 Å². The van der Waals surface area contributed by atoms with Gasteiger partial charge < -0.3 is 9.84 Å². The molecule has 0 heterocycles. The normalized spacial score (nSPS) is 15.2. The molecular formula is C21H24O3. The summed E-state index contributed by atoms with van der Waals surface area (Å²) in [6.07, 6.45) is 5.85. The molecule has 3 heteroatoms. The Morgan fingerprint density at radius 1 is 1.08 bits per heavy atom. The first-order chi connectivity index (χ1) is 11.7. The fourth-order valence-corrected chi connectivity index (χ4v) is 3.85. The zero-order valence-corrected chi connectivity index (χ0v) is 14.1. The maximum Gasteiger partial charge on any atom is 0.511 e. The molecule has 0 amide bonds. The predicted octanol–water partition coefficient (Wildman–Crippen LogP) is 6.02. The standard InChI is InChI=1S/C21H24O3/c1-2-15-11-8-14-19(24-21(22)23)20(15)18-13-7-6-12-17(18)16-9-4-3-5-10-16/h6-8,11-14,16H,2-5,9-10H2,1H3,(H,22,23). The molecule has 1 N–H and O–H groups in total. The Bertz CT molecular complexity index is 715. The molecule has 0 aromatic heterocycles. The summed E-state index contributed by atoms with van der Waals surface area (Å²) >= 11 is 0. The summed E-state index contributed by atoms with van der Waals surface area (Å²) < 4.78 is 5.10. The quantitative estimate of drug-likeness (QED) is 0.552. The van der Waals surface area contributed by atoms with Crippen molar-refractivity contribution < 1.29 is 14.6 Å². The number of carboxylic acid groups (broad SMARTS) is 1. The average molecular weight is 324 g/mol. The van der Waals surface area contributed by atoms with Gasteiger partial charge in [-0.15, -0.1) is 0 Å². The Hall–Kier alpha value is -2.29. The van der Waals surface area contributed by atoms with Crippen LogP contribution in [0.2, 0.25) is 0 Å². The molecule has 0 saturated heterocycles. The smallest absolute Gasteiger partial charge is 0.449 e. The Labute approximate surface area is 143 Å². The molecule has 2 aromatic carbocycles. The Morgan fingerprint density at radius 2 is 1.83 bits per heavy atom. The van der Waals surface area contributed by atoms with E-state index in [9.17, 15) is 4.79 Å². The Morgan fingerprint density at radius 3 is 2.54 bits per heavy atom. The second-order valence-corrected chi connectivity index (χ2v) is 6.43. The Kier molecular flexibility index (Phi) is 5.19. The highest BCUT2D eigenvalue weighted by Crippen LogP contribution is 2.42. The minimum Gasteiger partial charge on any atom is -0.449 e. The molecule has 2 aromatic rings. The van der Waals surface area contributed by atoms with Crippen molar-refractivity contribution in [2.45, 2.75) is 51.4 Å². The topological polar surface area (TPSA) is 46.5 Å². The summed E-state index contributed by atoms with van der Waals surface area (Å²) in [6, 6.07) is 14.1. The van der Waals surface area contributed by atoms with E-state index in [0.29, 0.717) is 11.7 Å². The summed E-state index contributed by atoms with van der Waals surface area (Å²) in [6.45, 7) is 2.09. The van der Waals surface area contributed by atoms with Gasteiger partial charge in [0.15, 0.2) is 0 Å². The van der Waals surface area contributed by atoms with E-state index in [1.165, 1.54) is 37.7 Å². The van der Waals surface area contributed by atoms with E-state index < -0.39 is 6.16 Å². The van der Waals surface area contributed by atoms with E-state index in [2.05, 4.69) is 31.2 Å². The van der Waals surface area contributed by atoms with Crippen LogP contribution in [0.4, 0.5) is 4.79 Å². The molecule has 3 nitrogen and oxygen atoms in total. The van der Waals surface area contributed by atoms with Crippen LogP contribution < -0.4 is 4.74 Å². The summed E-state index contributed by atoms with van der Waals surface area (Å²) in [5.41, 5.74) is 4.51. The zero-order chi connectivity index (χ0) is 16.9. The lowest BCUT2D eigenvalue weighted by atomic mass is 9.80. The third-order valence-corrected chi connectivity index (χ3v) is 4.97. The van der Waals surface area contributed by atoms with Crippen LogP contribution in [0, 0.1) is 0 Å². The van der Waals surface area contributed by atoms with Gasteiger partial charge in [0.1, 0.15) is 5.75 Å². The van der Waals surface area contributed by atoms with Gasteiger partial charge in [0.05, 0.1) is 0 Å². The molecule has 126 valence electrons. The van der Waals surface area contributed by atoms with Gasteiger partial charge in [0, 0.05) is 5.56 Å². The second kappa shape index (κ2) is 7.52. The molecule has 0 atom stereocenters. The van der Waals surface area contributed by atoms with Crippen LogP contribution in [-0.4, -0.2) is 11.3 Å². The van der Waals surface area contributed by atoms with Crippen LogP contribution in [0.15, 0.2) is 42.5 Å². The van der Waals surface area contributed by atoms with Crippen molar-refractivity contribution in [2.75, 3.05) is 0 Å². The molecule has 1 fully saturated rings. The molecule has 1 aliphatic rings.